The maximum Gasteiger partial charge on any atom is 0.282 e. The van der Waals surface area contributed by atoms with Gasteiger partial charge in [-0.15, -0.1) is 0 Å². The highest BCUT2D eigenvalue weighted by Gasteiger charge is 2.24. The fourth-order valence-corrected chi connectivity index (χ4v) is 1.49. The van der Waals surface area contributed by atoms with E-state index in [-0.39, 0.29) is 17.7 Å². The minimum absolute atomic E-state index is 0.00227. The molecule has 0 heterocycles. The Hall–Kier alpha value is -2.02. The molecular formula is C10H11N2O5. The molecule has 0 N–H and O–H groups in total. The highest BCUT2D eigenvalue weighted by atomic mass is 16.6. The molecule has 0 bridgehead atoms. The van der Waals surface area contributed by atoms with E-state index >= 15 is 0 Å². The number of non-ortho nitro benzene ring substituents is 1. The van der Waals surface area contributed by atoms with Crippen molar-refractivity contribution in [2.24, 2.45) is 0 Å². The first-order valence-corrected chi connectivity index (χ1v) is 5.06. The van der Waals surface area contributed by atoms with E-state index in [2.05, 4.69) is 0 Å². The first-order chi connectivity index (χ1) is 7.97. The molecule has 0 aromatic heterocycles. The van der Waals surface area contributed by atoms with Crippen molar-refractivity contribution in [3.63, 3.8) is 0 Å². The van der Waals surface area contributed by atoms with Crippen LogP contribution in [-0.2, 0) is 5.11 Å². The first kappa shape index (κ1) is 13.0. The van der Waals surface area contributed by atoms with Gasteiger partial charge in [0.25, 0.3) is 11.4 Å². The lowest BCUT2D eigenvalue weighted by atomic mass is 10.0. The van der Waals surface area contributed by atoms with Gasteiger partial charge in [0, 0.05) is 6.07 Å². The third-order valence-corrected chi connectivity index (χ3v) is 2.32. The second kappa shape index (κ2) is 5.35. The molecule has 1 rings (SSSR count). The number of hydrogen-bond acceptors (Lipinski definition) is 4. The Morgan fingerprint density at radius 1 is 1.24 bits per heavy atom. The summed E-state index contributed by atoms with van der Waals surface area (Å²) in [5.74, 6) is 0. The molecule has 7 heteroatoms. The van der Waals surface area contributed by atoms with E-state index in [0.717, 1.165) is 12.1 Å². The molecule has 0 aliphatic heterocycles. The van der Waals surface area contributed by atoms with Gasteiger partial charge in [-0.1, -0.05) is 13.3 Å². The third-order valence-electron chi connectivity index (χ3n) is 2.32. The van der Waals surface area contributed by atoms with Gasteiger partial charge in [-0.25, -0.2) is 5.11 Å². The SMILES string of the molecule is CCCC([O])c1ccc([N+](=O)[O-])cc1[N+](=O)[O-]. The molecule has 0 aliphatic carbocycles. The van der Waals surface area contributed by atoms with Crippen LogP contribution in [0.1, 0.15) is 31.4 Å². The van der Waals surface area contributed by atoms with Crippen LogP contribution in [0.5, 0.6) is 0 Å². The molecule has 0 aliphatic rings. The molecule has 17 heavy (non-hydrogen) atoms. The van der Waals surface area contributed by atoms with Crippen molar-refractivity contribution in [2.75, 3.05) is 0 Å². The van der Waals surface area contributed by atoms with Crippen molar-refractivity contribution in [3.8, 4) is 0 Å². The Bertz CT molecular complexity index is 446. The van der Waals surface area contributed by atoms with Crippen LogP contribution in [0.2, 0.25) is 0 Å². The lowest BCUT2D eigenvalue weighted by molar-refractivity contribution is -0.395. The maximum absolute atomic E-state index is 11.7. The molecule has 1 radical (unpaired) electrons. The van der Waals surface area contributed by atoms with Crippen molar-refractivity contribution >= 4 is 11.4 Å². The number of rotatable bonds is 5. The van der Waals surface area contributed by atoms with Crippen LogP contribution in [-0.4, -0.2) is 9.85 Å². The van der Waals surface area contributed by atoms with Gasteiger partial charge in [-0.3, -0.25) is 20.2 Å². The van der Waals surface area contributed by atoms with Crippen molar-refractivity contribution in [1.82, 2.24) is 0 Å². The molecule has 91 valence electrons. The minimum atomic E-state index is -1.22. The van der Waals surface area contributed by atoms with Crippen molar-refractivity contribution in [1.29, 1.82) is 0 Å². The van der Waals surface area contributed by atoms with Crippen LogP contribution in [0.15, 0.2) is 18.2 Å². The lowest BCUT2D eigenvalue weighted by Crippen LogP contribution is -2.02. The summed E-state index contributed by atoms with van der Waals surface area (Å²) in [7, 11) is 0. The fourth-order valence-electron chi connectivity index (χ4n) is 1.49. The molecule has 1 atom stereocenters. The van der Waals surface area contributed by atoms with Crippen molar-refractivity contribution < 1.29 is 15.0 Å². The maximum atomic E-state index is 11.7. The van der Waals surface area contributed by atoms with Gasteiger partial charge in [-0.05, 0) is 12.5 Å². The van der Waals surface area contributed by atoms with E-state index in [0.29, 0.717) is 6.42 Å². The summed E-state index contributed by atoms with van der Waals surface area (Å²) in [4.78, 5) is 19.7. The predicted molar refractivity (Wildman–Crippen MR) is 58.1 cm³/mol. The van der Waals surface area contributed by atoms with E-state index in [1.54, 1.807) is 6.92 Å². The van der Waals surface area contributed by atoms with Crippen LogP contribution in [0.4, 0.5) is 11.4 Å². The number of nitro groups is 2. The summed E-state index contributed by atoms with van der Waals surface area (Å²) in [6, 6.07) is 3.11. The molecule has 1 aromatic carbocycles. The zero-order valence-electron chi connectivity index (χ0n) is 9.16. The van der Waals surface area contributed by atoms with Crippen molar-refractivity contribution in [2.45, 2.75) is 25.9 Å². The zero-order chi connectivity index (χ0) is 13.0. The summed E-state index contributed by atoms with van der Waals surface area (Å²) in [5, 5.41) is 32.9. The Balaban J connectivity index is 3.22. The lowest BCUT2D eigenvalue weighted by Gasteiger charge is -2.07. The average molecular weight is 239 g/mol. The summed E-state index contributed by atoms with van der Waals surface area (Å²) < 4.78 is 0. The number of benzene rings is 1. The topological polar surface area (TPSA) is 106 Å². The molecule has 0 saturated heterocycles. The molecular weight excluding hydrogens is 228 g/mol. The predicted octanol–water partition coefficient (Wildman–Crippen LogP) is 2.77. The van der Waals surface area contributed by atoms with Gasteiger partial charge < -0.3 is 0 Å². The number of hydrogen-bond donors (Lipinski definition) is 0. The summed E-state index contributed by atoms with van der Waals surface area (Å²) in [6.07, 6.45) is -0.359. The molecule has 1 unspecified atom stereocenters. The van der Waals surface area contributed by atoms with Crippen LogP contribution < -0.4 is 0 Å². The highest BCUT2D eigenvalue weighted by Crippen LogP contribution is 2.31. The normalized spacial score (nSPS) is 12.1. The molecule has 0 saturated carbocycles. The van der Waals surface area contributed by atoms with Crippen LogP contribution in [0, 0.1) is 20.2 Å². The summed E-state index contributed by atoms with van der Waals surface area (Å²) in [5.41, 5.74) is -0.862. The number of nitrogens with zero attached hydrogens (tertiary/aromatic N) is 2. The van der Waals surface area contributed by atoms with Gasteiger partial charge in [-0.2, -0.15) is 0 Å². The summed E-state index contributed by atoms with van der Waals surface area (Å²) >= 11 is 0. The average Bonchev–Trinajstić information content (AvgIpc) is 2.28. The van der Waals surface area contributed by atoms with Gasteiger partial charge >= 0.3 is 0 Å². The van der Waals surface area contributed by atoms with Crippen LogP contribution >= 0.6 is 0 Å². The van der Waals surface area contributed by atoms with Crippen LogP contribution in [0.25, 0.3) is 0 Å². The Morgan fingerprint density at radius 2 is 1.88 bits per heavy atom. The van der Waals surface area contributed by atoms with E-state index in [1.807, 2.05) is 0 Å². The smallest absolute Gasteiger partial charge is 0.258 e. The van der Waals surface area contributed by atoms with E-state index < -0.39 is 21.6 Å². The Kier molecular flexibility index (Phi) is 4.11. The molecule has 0 amide bonds. The van der Waals surface area contributed by atoms with E-state index in [4.69, 9.17) is 0 Å². The number of nitro benzene ring substituents is 2. The molecule has 0 spiro atoms. The molecule has 0 fully saturated rings. The largest absolute Gasteiger partial charge is 0.282 e. The molecule has 1 aromatic rings. The van der Waals surface area contributed by atoms with Gasteiger partial charge in [0.05, 0.1) is 21.5 Å². The van der Waals surface area contributed by atoms with Gasteiger partial charge in [0.2, 0.25) is 0 Å². The zero-order valence-corrected chi connectivity index (χ0v) is 9.16. The monoisotopic (exact) mass is 239 g/mol. The Labute approximate surface area is 97.0 Å². The molecule has 7 nitrogen and oxygen atoms in total. The third kappa shape index (κ3) is 2.97. The second-order valence-electron chi connectivity index (χ2n) is 3.53. The second-order valence-corrected chi connectivity index (χ2v) is 3.53. The van der Waals surface area contributed by atoms with E-state index in [1.165, 1.54) is 6.07 Å². The summed E-state index contributed by atoms with van der Waals surface area (Å²) in [6.45, 7) is 1.79. The minimum Gasteiger partial charge on any atom is -0.258 e. The van der Waals surface area contributed by atoms with Crippen molar-refractivity contribution in [3.05, 3.63) is 44.0 Å². The van der Waals surface area contributed by atoms with Crippen LogP contribution in [0.3, 0.4) is 0 Å². The first-order valence-electron chi connectivity index (χ1n) is 5.06. The van der Waals surface area contributed by atoms with E-state index in [9.17, 15) is 25.3 Å². The highest BCUT2D eigenvalue weighted by molar-refractivity contribution is 5.50. The fraction of sp³-hybridized carbons (Fsp3) is 0.400. The quantitative estimate of drug-likeness (QED) is 0.581. The van der Waals surface area contributed by atoms with Gasteiger partial charge in [0.15, 0.2) is 0 Å². The standard InChI is InChI=1S/C10H11N2O5/c1-2-3-10(13)8-5-4-7(11(14)15)6-9(8)12(16)17/h4-6,10H,2-3H2,1H3. The van der Waals surface area contributed by atoms with Gasteiger partial charge in [0.1, 0.15) is 6.10 Å². The Morgan fingerprint density at radius 3 is 2.35 bits per heavy atom.